The average Bonchev–Trinajstić information content (AvgIpc) is 1.87. The molecule has 0 aliphatic heterocycles. The Labute approximate surface area is 61.1 Å². The first-order chi connectivity index (χ1) is 5.07. The highest BCUT2D eigenvalue weighted by Gasteiger charge is 2.23. The fourth-order valence-corrected chi connectivity index (χ4v) is 0.295. The molecule has 0 aliphatic carbocycles. The molecule has 0 radical (unpaired) electrons. The van der Waals surface area contributed by atoms with E-state index in [2.05, 4.69) is 9.47 Å². The molecule has 3 nitrogen and oxygen atoms in total. The van der Waals surface area contributed by atoms with E-state index in [4.69, 9.17) is 0 Å². The third-order valence-electron chi connectivity index (χ3n) is 0.669. The van der Waals surface area contributed by atoms with Gasteiger partial charge in [-0.25, -0.2) is 13.6 Å². The van der Waals surface area contributed by atoms with Crippen LogP contribution in [-0.2, 0) is 9.47 Å². The molecule has 6 heteroatoms. The van der Waals surface area contributed by atoms with E-state index >= 15 is 0 Å². The Bertz CT molecular complexity index is 128. The molecule has 11 heavy (non-hydrogen) atoms. The van der Waals surface area contributed by atoms with Crippen LogP contribution in [0.15, 0.2) is 0 Å². The Kier molecular flexibility index (Phi) is 4.40. The minimum atomic E-state index is -3.33. The molecule has 66 valence electrons. The van der Waals surface area contributed by atoms with Gasteiger partial charge in [-0.1, -0.05) is 0 Å². The van der Waals surface area contributed by atoms with Crippen molar-refractivity contribution in [3.63, 3.8) is 0 Å². The minimum Gasteiger partial charge on any atom is -0.435 e. The summed E-state index contributed by atoms with van der Waals surface area (Å²) in [4.78, 5) is 10.1. The molecule has 0 amide bonds. The van der Waals surface area contributed by atoms with Crippen molar-refractivity contribution in [2.45, 2.75) is 19.7 Å². The van der Waals surface area contributed by atoms with Crippen molar-refractivity contribution < 1.29 is 27.4 Å². The zero-order valence-electron chi connectivity index (χ0n) is 5.72. The SMILES string of the molecule is CCOC(=O)OC(F)C(F)F. The molecule has 1 unspecified atom stereocenters. The average molecular weight is 172 g/mol. The van der Waals surface area contributed by atoms with Gasteiger partial charge in [-0.2, -0.15) is 4.39 Å². The third-order valence-corrected chi connectivity index (χ3v) is 0.669. The molecule has 0 spiro atoms. The van der Waals surface area contributed by atoms with E-state index in [0.717, 1.165) is 0 Å². The molecule has 0 N–H and O–H groups in total. The summed E-state index contributed by atoms with van der Waals surface area (Å²) >= 11 is 0. The van der Waals surface area contributed by atoms with Crippen LogP contribution in [0.1, 0.15) is 6.92 Å². The van der Waals surface area contributed by atoms with Crippen LogP contribution in [0.2, 0.25) is 0 Å². The van der Waals surface area contributed by atoms with E-state index in [0.29, 0.717) is 0 Å². The molecule has 0 bridgehead atoms. The Morgan fingerprint density at radius 3 is 2.36 bits per heavy atom. The summed E-state index contributed by atoms with van der Waals surface area (Å²) in [7, 11) is 0. The molecular formula is C5H7F3O3. The van der Waals surface area contributed by atoms with Crippen molar-refractivity contribution in [2.24, 2.45) is 0 Å². The van der Waals surface area contributed by atoms with E-state index in [1.165, 1.54) is 6.92 Å². The van der Waals surface area contributed by atoms with E-state index in [9.17, 15) is 18.0 Å². The maximum absolute atomic E-state index is 11.8. The summed E-state index contributed by atoms with van der Waals surface area (Å²) in [6.45, 7) is 1.39. The molecule has 1 atom stereocenters. The summed E-state index contributed by atoms with van der Waals surface area (Å²) in [5.74, 6) is 0. The van der Waals surface area contributed by atoms with Crippen LogP contribution in [0.4, 0.5) is 18.0 Å². The highest BCUT2D eigenvalue weighted by molar-refractivity contribution is 5.59. The molecule has 0 aromatic heterocycles. The van der Waals surface area contributed by atoms with Gasteiger partial charge in [0.15, 0.2) is 0 Å². The molecule has 0 aromatic carbocycles. The van der Waals surface area contributed by atoms with Gasteiger partial charge < -0.3 is 9.47 Å². The van der Waals surface area contributed by atoms with Crippen LogP contribution in [0.25, 0.3) is 0 Å². The van der Waals surface area contributed by atoms with E-state index in [1.54, 1.807) is 0 Å². The van der Waals surface area contributed by atoms with Gasteiger partial charge in [-0.05, 0) is 6.92 Å². The number of carbonyl (C=O) groups excluding carboxylic acids is 1. The highest BCUT2D eigenvalue weighted by atomic mass is 19.3. The number of hydrogen-bond donors (Lipinski definition) is 0. The molecule has 0 heterocycles. The summed E-state index contributed by atoms with van der Waals surface area (Å²) in [6.07, 6.45) is -7.67. The first-order valence-electron chi connectivity index (χ1n) is 2.83. The number of alkyl halides is 3. The summed E-state index contributed by atoms with van der Waals surface area (Å²) in [5.41, 5.74) is 0. The largest absolute Gasteiger partial charge is 0.511 e. The van der Waals surface area contributed by atoms with Gasteiger partial charge in [0.05, 0.1) is 6.61 Å². The van der Waals surface area contributed by atoms with Crippen molar-refractivity contribution in [3.8, 4) is 0 Å². The van der Waals surface area contributed by atoms with Gasteiger partial charge in [-0.15, -0.1) is 0 Å². The lowest BCUT2D eigenvalue weighted by Gasteiger charge is -2.07. The first kappa shape index (κ1) is 10.1. The second kappa shape index (κ2) is 4.81. The standard InChI is InChI=1S/C5H7F3O3/c1-2-10-5(9)11-4(8)3(6)7/h3-4H,2H2,1H3. The van der Waals surface area contributed by atoms with Crippen LogP contribution in [0, 0.1) is 0 Å². The number of ether oxygens (including phenoxy) is 2. The number of halogens is 3. The maximum Gasteiger partial charge on any atom is 0.511 e. The van der Waals surface area contributed by atoms with Gasteiger partial charge in [0.1, 0.15) is 0 Å². The highest BCUT2D eigenvalue weighted by Crippen LogP contribution is 2.07. The van der Waals surface area contributed by atoms with Crippen molar-refractivity contribution in [1.82, 2.24) is 0 Å². The van der Waals surface area contributed by atoms with E-state index in [1.807, 2.05) is 0 Å². The quantitative estimate of drug-likeness (QED) is 0.608. The summed E-state index contributed by atoms with van der Waals surface area (Å²) in [5, 5.41) is 0. The van der Waals surface area contributed by atoms with Gasteiger partial charge in [0, 0.05) is 0 Å². The summed E-state index contributed by atoms with van der Waals surface area (Å²) < 4.78 is 42.0. The van der Waals surface area contributed by atoms with Crippen molar-refractivity contribution in [1.29, 1.82) is 0 Å². The molecule has 0 aliphatic rings. The van der Waals surface area contributed by atoms with Gasteiger partial charge in [-0.3, -0.25) is 0 Å². The predicted octanol–water partition coefficient (Wildman–Crippen LogP) is 1.72. The Balaban J connectivity index is 3.57. The number of rotatable bonds is 3. The molecular weight excluding hydrogens is 165 g/mol. The zero-order chi connectivity index (χ0) is 8.85. The van der Waals surface area contributed by atoms with E-state index < -0.39 is 18.9 Å². The van der Waals surface area contributed by atoms with Crippen LogP contribution in [-0.4, -0.2) is 25.5 Å². The lowest BCUT2D eigenvalue weighted by atomic mass is 10.7. The second-order valence-corrected chi connectivity index (χ2v) is 1.49. The van der Waals surface area contributed by atoms with Crippen molar-refractivity contribution in [2.75, 3.05) is 6.61 Å². The predicted molar refractivity (Wildman–Crippen MR) is 29.0 cm³/mol. The van der Waals surface area contributed by atoms with Crippen LogP contribution < -0.4 is 0 Å². The zero-order valence-corrected chi connectivity index (χ0v) is 5.72. The minimum absolute atomic E-state index is 0.0468. The smallest absolute Gasteiger partial charge is 0.435 e. The monoisotopic (exact) mass is 172 g/mol. The molecule has 0 rings (SSSR count). The molecule has 0 saturated carbocycles. The lowest BCUT2D eigenvalue weighted by molar-refractivity contribution is -0.109. The Morgan fingerprint density at radius 2 is 2.00 bits per heavy atom. The van der Waals surface area contributed by atoms with Crippen molar-refractivity contribution in [3.05, 3.63) is 0 Å². The number of carbonyl (C=O) groups is 1. The lowest BCUT2D eigenvalue weighted by Crippen LogP contribution is -2.21. The Hall–Kier alpha value is -0.940. The number of hydrogen-bond acceptors (Lipinski definition) is 3. The summed E-state index contributed by atoms with van der Waals surface area (Å²) in [6, 6.07) is 0. The molecule has 0 fully saturated rings. The third kappa shape index (κ3) is 4.46. The van der Waals surface area contributed by atoms with Crippen molar-refractivity contribution >= 4 is 6.16 Å². The van der Waals surface area contributed by atoms with E-state index in [-0.39, 0.29) is 6.61 Å². The maximum atomic E-state index is 11.8. The molecule has 0 aromatic rings. The second-order valence-electron chi connectivity index (χ2n) is 1.49. The van der Waals surface area contributed by atoms with Crippen LogP contribution >= 0.6 is 0 Å². The van der Waals surface area contributed by atoms with Gasteiger partial charge in [0.2, 0.25) is 0 Å². The van der Waals surface area contributed by atoms with Crippen LogP contribution in [0.5, 0.6) is 0 Å². The first-order valence-corrected chi connectivity index (χ1v) is 2.83. The van der Waals surface area contributed by atoms with Gasteiger partial charge in [0.25, 0.3) is 0 Å². The van der Waals surface area contributed by atoms with Crippen LogP contribution in [0.3, 0.4) is 0 Å². The molecule has 0 saturated heterocycles. The fraction of sp³-hybridized carbons (Fsp3) is 0.800. The Morgan fingerprint density at radius 1 is 1.45 bits per heavy atom. The fourth-order valence-electron chi connectivity index (χ4n) is 0.295. The topological polar surface area (TPSA) is 35.5 Å². The van der Waals surface area contributed by atoms with Gasteiger partial charge >= 0.3 is 18.9 Å². The normalized spacial score (nSPS) is 12.8.